The van der Waals surface area contributed by atoms with Crippen molar-refractivity contribution in [2.75, 3.05) is 26.2 Å². The molecule has 1 heterocycles. The van der Waals surface area contributed by atoms with Crippen molar-refractivity contribution in [3.63, 3.8) is 0 Å². The van der Waals surface area contributed by atoms with Crippen LogP contribution in [0.5, 0.6) is 5.75 Å². The van der Waals surface area contributed by atoms with Crippen molar-refractivity contribution < 1.29 is 15.0 Å². The van der Waals surface area contributed by atoms with Crippen LogP contribution in [0.2, 0.25) is 0 Å². The number of piperazine rings is 1. The highest BCUT2D eigenvalue weighted by molar-refractivity contribution is 7.97. The van der Waals surface area contributed by atoms with Gasteiger partial charge in [0.15, 0.2) is 0 Å². The summed E-state index contributed by atoms with van der Waals surface area (Å²) < 4.78 is 2.27. The average molecular weight is 394 g/mol. The van der Waals surface area contributed by atoms with E-state index in [1.165, 1.54) is 5.56 Å². The third-order valence-corrected chi connectivity index (χ3v) is 6.17. The van der Waals surface area contributed by atoms with Gasteiger partial charge in [0, 0.05) is 48.4 Å². The Balaban J connectivity index is 1.49. The lowest BCUT2D eigenvalue weighted by atomic mass is 10.1. The number of phenols is 1. The molecule has 3 aromatic rings. The number of aromatic hydroxyl groups is 1. The summed E-state index contributed by atoms with van der Waals surface area (Å²) in [5, 5.41) is 21.2. The van der Waals surface area contributed by atoms with E-state index < -0.39 is 5.97 Å². The van der Waals surface area contributed by atoms with Crippen molar-refractivity contribution >= 4 is 28.7 Å². The number of aromatic carboxylic acids is 1. The highest BCUT2D eigenvalue weighted by Gasteiger charge is 2.21. The Morgan fingerprint density at radius 2 is 1.57 bits per heavy atom. The van der Waals surface area contributed by atoms with Crippen LogP contribution >= 0.6 is 11.9 Å². The van der Waals surface area contributed by atoms with Crippen molar-refractivity contribution in [1.29, 1.82) is 0 Å². The number of carboxylic acids is 1. The predicted molar refractivity (Wildman–Crippen MR) is 112 cm³/mol. The molecule has 0 aromatic heterocycles. The van der Waals surface area contributed by atoms with Crippen LogP contribution in [0.15, 0.2) is 65.6 Å². The maximum Gasteiger partial charge on any atom is 0.339 e. The zero-order valence-electron chi connectivity index (χ0n) is 15.4. The molecule has 6 heteroatoms. The van der Waals surface area contributed by atoms with Crippen LogP contribution in [0.4, 0.5) is 0 Å². The van der Waals surface area contributed by atoms with Gasteiger partial charge in [0.1, 0.15) is 11.3 Å². The molecule has 1 saturated heterocycles. The van der Waals surface area contributed by atoms with E-state index in [9.17, 15) is 15.0 Å². The van der Waals surface area contributed by atoms with Gasteiger partial charge in [-0.05, 0) is 23.6 Å². The largest absolute Gasteiger partial charge is 0.506 e. The van der Waals surface area contributed by atoms with Crippen molar-refractivity contribution in [3.8, 4) is 5.75 Å². The molecule has 0 amide bonds. The molecule has 1 aliphatic heterocycles. The maximum absolute atomic E-state index is 11.5. The quantitative estimate of drug-likeness (QED) is 0.636. The molecule has 0 atom stereocenters. The number of hydrogen-bond acceptors (Lipinski definition) is 5. The average Bonchev–Trinajstić information content (AvgIpc) is 2.72. The van der Waals surface area contributed by atoms with E-state index in [1.54, 1.807) is 24.1 Å². The lowest BCUT2D eigenvalue weighted by Gasteiger charge is -2.34. The van der Waals surface area contributed by atoms with E-state index in [2.05, 4.69) is 33.5 Å². The molecule has 0 spiro atoms. The molecule has 3 aromatic carbocycles. The Labute approximate surface area is 168 Å². The van der Waals surface area contributed by atoms with Gasteiger partial charge < -0.3 is 10.2 Å². The van der Waals surface area contributed by atoms with Crippen molar-refractivity contribution in [2.24, 2.45) is 0 Å². The molecule has 0 radical (unpaired) electrons. The van der Waals surface area contributed by atoms with Crippen LogP contribution in [0, 0.1) is 0 Å². The van der Waals surface area contributed by atoms with Crippen molar-refractivity contribution in [3.05, 3.63) is 71.8 Å². The third-order valence-electron chi connectivity index (χ3n) is 5.02. The van der Waals surface area contributed by atoms with E-state index >= 15 is 0 Å². The molecule has 4 rings (SSSR count). The van der Waals surface area contributed by atoms with Gasteiger partial charge in [-0.25, -0.2) is 9.10 Å². The second kappa shape index (κ2) is 8.22. The summed E-state index contributed by atoms with van der Waals surface area (Å²) in [5.74, 6) is -1.28. The number of carbonyl (C=O) groups is 1. The monoisotopic (exact) mass is 394 g/mol. The summed E-state index contributed by atoms with van der Waals surface area (Å²) >= 11 is 1.57. The van der Waals surface area contributed by atoms with Crippen LogP contribution in [-0.2, 0) is 6.54 Å². The number of nitrogens with zero attached hydrogens (tertiary/aromatic N) is 2. The SMILES string of the molecule is O=C(O)c1cc(SN2CCN(Cc3ccccc3)CC2)c2ccccc2c1O. The summed E-state index contributed by atoms with van der Waals surface area (Å²) in [5.41, 5.74) is 1.27. The highest BCUT2D eigenvalue weighted by Crippen LogP contribution is 2.38. The van der Waals surface area contributed by atoms with E-state index in [0.717, 1.165) is 43.0 Å². The van der Waals surface area contributed by atoms with E-state index in [4.69, 9.17) is 0 Å². The topological polar surface area (TPSA) is 64.0 Å². The van der Waals surface area contributed by atoms with Gasteiger partial charge in [-0.3, -0.25) is 4.90 Å². The molecule has 0 aliphatic carbocycles. The van der Waals surface area contributed by atoms with Crippen LogP contribution in [0.25, 0.3) is 10.8 Å². The fourth-order valence-corrected chi connectivity index (χ4v) is 4.60. The van der Waals surface area contributed by atoms with Crippen LogP contribution in [0.1, 0.15) is 15.9 Å². The number of fused-ring (bicyclic) bond motifs is 1. The van der Waals surface area contributed by atoms with Crippen molar-refractivity contribution in [1.82, 2.24) is 9.21 Å². The van der Waals surface area contributed by atoms with Gasteiger partial charge in [-0.1, -0.05) is 54.6 Å². The Morgan fingerprint density at radius 1 is 0.929 bits per heavy atom. The fraction of sp³-hybridized carbons (Fsp3) is 0.227. The van der Waals surface area contributed by atoms with Gasteiger partial charge in [-0.2, -0.15) is 0 Å². The summed E-state index contributed by atoms with van der Waals surface area (Å²) in [4.78, 5) is 14.8. The van der Waals surface area contributed by atoms with E-state index in [1.807, 2.05) is 24.3 Å². The summed E-state index contributed by atoms with van der Waals surface area (Å²) in [7, 11) is 0. The zero-order valence-corrected chi connectivity index (χ0v) is 16.2. The number of benzene rings is 3. The molecule has 1 aliphatic rings. The minimum atomic E-state index is -1.11. The maximum atomic E-state index is 11.5. The smallest absolute Gasteiger partial charge is 0.339 e. The van der Waals surface area contributed by atoms with E-state index in [-0.39, 0.29) is 11.3 Å². The zero-order chi connectivity index (χ0) is 19.5. The minimum Gasteiger partial charge on any atom is -0.506 e. The Morgan fingerprint density at radius 3 is 2.25 bits per heavy atom. The van der Waals surface area contributed by atoms with Crippen molar-refractivity contribution in [2.45, 2.75) is 11.4 Å². The summed E-state index contributed by atoms with van der Waals surface area (Å²) in [6.07, 6.45) is 0. The molecule has 144 valence electrons. The number of rotatable bonds is 5. The molecule has 0 unspecified atom stereocenters. The third kappa shape index (κ3) is 3.99. The lowest BCUT2D eigenvalue weighted by molar-refractivity contribution is 0.0693. The second-order valence-corrected chi connectivity index (χ2v) is 8.04. The van der Waals surface area contributed by atoms with Crippen LogP contribution < -0.4 is 0 Å². The fourth-order valence-electron chi connectivity index (χ4n) is 3.52. The van der Waals surface area contributed by atoms with Gasteiger partial charge in [-0.15, -0.1) is 0 Å². The second-order valence-electron chi connectivity index (χ2n) is 6.90. The predicted octanol–water partition coefficient (Wildman–Crippen LogP) is 4.07. The Hall–Kier alpha value is -2.54. The van der Waals surface area contributed by atoms with Gasteiger partial charge >= 0.3 is 5.97 Å². The number of carboxylic acid groups (broad SMARTS) is 1. The summed E-state index contributed by atoms with van der Waals surface area (Å²) in [6, 6.07) is 19.5. The molecule has 1 fully saturated rings. The number of hydrogen-bond donors (Lipinski definition) is 2. The van der Waals surface area contributed by atoms with Crippen LogP contribution in [-0.4, -0.2) is 51.6 Å². The molecular formula is C22H22N2O3S. The van der Waals surface area contributed by atoms with Gasteiger partial charge in [0.25, 0.3) is 0 Å². The van der Waals surface area contributed by atoms with Gasteiger partial charge in [0.05, 0.1) is 0 Å². The summed E-state index contributed by atoms with van der Waals surface area (Å²) in [6.45, 7) is 4.67. The lowest BCUT2D eigenvalue weighted by Crippen LogP contribution is -2.42. The van der Waals surface area contributed by atoms with Gasteiger partial charge in [0.2, 0.25) is 0 Å². The molecular weight excluding hydrogens is 372 g/mol. The normalized spacial score (nSPS) is 15.7. The highest BCUT2D eigenvalue weighted by atomic mass is 32.2. The molecule has 2 N–H and O–H groups in total. The van der Waals surface area contributed by atoms with Crippen LogP contribution in [0.3, 0.4) is 0 Å². The first kappa shape index (κ1) is 18.8. The molecule has 0 saturated carbocycles. The standard InChI is InChI=1S/C22H22N2O3S/c25-21-18-9-5-4-8-17(18)20(14-19(21)22(26)27)28-24-12-10-23(11-13-24)15-16-6-2-1-3-7-16/h1-9,14,25H,10-13,15H2,(H,26,27). The van der Waals surface area contributed by atoms with E-state index in [0.29, 0.717) is 5.39 Å². The first-order chi connectivity index (χ1) is 13.6. The molecule has 5 nitrogen and oxygen atoms in total. The minimum absolute atomic E-state index is 0.0519. The Bertz CT molecular complexity index is 986. The first-order valence-corrected chi connectivity index (χ1v) is 10.1. The first-order valence-electron chi connectivity index (χ1n) is 9.29. The molecule has 28 heavy (non-hydrogen) atoms. The Kier molecular flexibility index (Phi) is 5.52. The molecule has 0 bridgehead atoms.